The summed E-state index contributed by atoms with van der Waals surface area (Å²) in [5.41, 5.74) is 3.92. The molecule has 1 aliphatic rings. The molecule has 1 aliphatic heterocycles. The summed E-state index contributed by atoms with van der Waals surface area (Å²) in [5.74, 6) is 1.75. The molecule has 154 valence electrons. The van der Waals surface area contributed by atoms with Crippen molar-refractivity contribution in [3.8, 4) is 11.5 Å². The van der Waals surface area contributed by atoms with Gasteiger partial charge < -0.3 is 19.5 Å². The van der Waals surface area contributed by atoms with Crippen molar-refractivity contribution in [3.05, 3.63) is 71.9 Å². The molecule has 30 heavy (non-hydrogen) atoms. The van der Waals surface area contributed by atoms with Crippen LogP contribution >= 0.6 is 0 Å². The van der Waals surface area contributed by atoms with Gasteiger partial charge in [-0.05, 0) is 49.1 Å². The molecule has 2 amide bonds. The SMILES string of the molecule is Cc1ccc(Oc2cccc(/C=C3\CCN(C(=O)Nc4cnoc4)CC3C)c2)cn1. The molecule has 0 bridgehead atoms. The first-order valence-electron chi connectivity index (χ1n) is 9.93. The normalized spacial score (nSPS) is 17.7. The first-order chi connectivity index (χ1) is 14.6. The summed E-state index contributed by atoms with van der Waals surface area (Å²) in [6.45, 7) is 5.41. The van der Waals surface area contributed by atoms with Crippen molar-refractivity contribution in [2.24, 2.45) is 5.92 Å². The first kappa shape index (κ1) is 19.7. The highest BCUT2D eigenvalue weighted by molar-refractivity contribution is 5.89. The Bertz CT molecular complexity index is 1030. The number of hydrogen-bond acceptors (Lipinski definition) is 5. The molecule has 3 aromatic rings. The van der Waals surface area contributed by atoms with Gasteiger partial charge in [-0.2, -0.15) is 0 Å². The average Bonchev–Trinajstić information content (AvgIpc) is 3.24. The van der Waals surface area contributed by atoms with Gasteiger partial charge in [-0.3, -0.25) is 4.98 Å². The van der Waals surface area contributed by atoms with Gasteiger partial charge in [0.15, 0.2) is 0 Å². The molecule has 1 fully saturated rings. The smallest absolute Gasteiger partial charge is 0.322 e. The predicted molar refractivity (Wildman–Crippen MR) is 114 cm³/mol. The third-order valence-corrected chi connectivity index (χ3v) is 5.10. The van der Waals surface area contributed by atoms with E-state index in [-0.39, 0.29) is 11.9 Å². The molecular formula is C23H24N4O3. The lowest BCUT2D eigenvalue weighted by atomic mass is 9.91. The number of amides is 2. The van der Waals surface area contributed by atoms with Gasteiger partial charge in [0.05, 0.1) is 12.4 Å². The van der Waals surface area contributed by atoms with Gasteiger partial charge in [0.1, 0.15) is 23.4 Å². The molecule has 1 atom stereocenters. The Kier molecular flexibility index (Phi) is 5.79. The van der Waals surface area contributed by atoms with Crippen LogP contribution in [0.4, 0.5) is 10.5 Å². The highest BCUT2D eigenvalue weighted by Crippen LogP contribution is 2.28. The number of anilines is 1. The van der Waals surface area contributed by atoms with E-state index in [4.69, 9.17) is 9.26 Å². The van der Waals surface area contributed by atoms with E-state index in [0.29, 0.717) is 24.5 Å². The zero-order valence-electron chi connectivity index (χ0n) is 17.0. The number of carbonyl (C=O) groups excluding carboxylic acids is 1. The molecule has 0 spiro atoms. The average molecular weight is 404 g/mol. The summed E-state index contributed by atoms with van der Waals surface area (Å²) in [6, 6.07) is 11.7. The summed E-state index contributed by atoms with van der Waals surface area (Å²) >= 11 is 0. The van der Waals surface area contributed by atoms with Gasteiger partial charge in [0, 0.05) is 18.8 Å². The lowest BCUT2D eigenvalue weighted by Crippen LogP contribution is -2.42. The Hall–Kier alpha value is -3.61. The number of piperidine rings is 1. The van der Waals surface area contributed by atoms with Crippen molar-refractivity contribution >= 4 is 17.8 Å². The van der Waals surface area contributed by atoms with E-state index in [1.54, 1.807) is 6.20 Å². The number of nitrogens with one attached hydrogen (secondary N) is 1. The summed E-state index contributed by atoms with van der Waals surface area (Å²) in [5, 5.41) is 6.40. The molecule has 1 saturated heterocycles. The molecule has 7 nitrogen and oxygen atoms in total. The fourth-order valence-corrected chi connectivity index (χ4v) is 3.45. The minimum Gasteiger partial charge on any atom is -0.456 e. The zero-order valence-corrected chi connectivity index (χ0v) is 17.0. The van der Waals surface area contributed by atoms with Crippen LogP contribution in [0.2, 0.25) is 0 Å². The van der Waals surface area contributed by atoms with Gasteiger partial charge >= 0.3 is 6.03 Å². The van der Waals surface area contributed by atoms with Crippen LogP contribution in [0.5, 0.6) is 11.5 Å². The third-order valence-electron chi connectivity index (χ3n) is 5.10. The number of carbonyl (C=O) groups is 1. The molecular weight excluding hydrogens is 380 g/mol. The van der Waals surface area contributed by atoms with Crippen LogP contribution in [0.25, 0.3) is 6.08 Å². The number of urea groups is 1. The second-order valence-electron chi connectivity index (χ2n) is 7.47. The number of pyridine rings is 1. The molecule has 7 heteroatoms. The van der Waals surface area contributed by atoms with Gasteiger partial charge in [0.25, 0.3) is 0 Å². The monoisotopic (exact) mass is 404 g/mol. The molecule has 1 unspecified atom stereocenters. The molecule has 0 aliphatic carbocycles. The quantitative estimate of drug-likeness (QED) is 0.652. The third kappa shape index (κ3) is 4.86. The van der Waals surface area contributed by atoms with Gasteiger partial charge in [-0.25, -0.2) is 4.79 Å². The van der Waals surface area contributed by atoms with Gasteiger partial charge in [-0.1, -0.05) is 35.9 Å². The summed E-state index contributed by atoms with van der Waals surface area (Å²) in [4.78, 5) is 18.5. The second-order valence-corrected chi connectivity index (χ2v) is 7.47. The Morgan fingerprint density at radius 2 is 2.17 bits per heavy atom. The minimum absolute atomic E-state index is 0.133. The van der Waals surface area contributed by atoms with Crippen molar-refractivity contribution in [1.82, 2.24) is 15.0 Å². The second kappa shape index (κ2) is 8.82. The fraction of sp³-hybridized carbons (Fsp3) is 0.261. The van der Waals surface area contributed by atoms with Crippen LogP contribution in [0, 0.1) is 12.8 Å². The Balaban J connectivity index is 1.40. The Morgan fingerprint density at radius 1 is 1.27 bits per heavy atom. The molecule has 1 N–H and O–H groups in total. The number of hydrogen-bond donors (Lipinski definition) is 1. The lowest BCUT2D eigenvalue weighted by molar-refractivity contribution is 0.198. The number of ether oxygens (including phenoxy) is 1. The van der Waals surface area contributed by atoms with Crippen LogP contribution in [-0.2, 0) is 0 Å². The molecule has 0 saturated carbocycles. The maximum atomic E-state index is 12.4. The van der Waals surface area contributed by atoms with E-state index in [1.807, 2.05) is 42.2 Å². The number of benzene rings is 1. The van der Waals surface area contributed by atoms with Crippen molar-refractivity contribution in [2.45, 2.75) is 20.3 Å². The molecule has 2 aromatic heterocycles. The molecule has 4 rings (SSSR count). The first-order valence-corrected chi connectivity index (χ1v) is 9.93. The van der Waals surface area contributed by atoms with Crippen molar-refractivity contribution < 1.29 is 14.1 Å². The minimum atomic E-state index is -0.133. The highest BCUT2D eigenvalue weighted by Gasteiger charge is 2.24. The summed E-state index contributed by atoms with van der Waals surface area (Å²) < 4.78 is 10.7. The van der Waals surface area contributed by atoms with Crippen molar-refractivity contribution in [2.75, 3.05) is 18.4 Å². The van der Waals surface area contributed by atoms with E-state index in [9.17, 15) is 4.79 Å². The Labute approximate surface area is 175 Å². The number of nitrogens with zero attached hydrogens (tertiary/aromatic N) is 3. The van der Waals surface area contributed by atoms with Crippen LogP contribution in [0.15, 0.2) is 65.2 Å². The number of rotatable bonds is 4. The summed E-state index contributed by atoms with van der Waals surface area (Å²) in [7, 11) is 0. The van der Waals surface area contributed by atoms with Crippen LogP contribution in [0.1, 0.15) is 24.6 Å². The largest absolute Gasteiger partial charge is 0.456 e. The topological polar surface area (TPSA) is 80.5 Å². The van der Waals surface area contributed by atoms with E-state index >= 15 is 0 Å². The van der Waals surface area contributed by atoms with E-state index in [0.717, 1.165) is 23.4 Å². The highest BCUT2D eigenvalue weighted by atomic mass is 16.5. The van der Waals surface area contributed by atoms with Crippen molar-refractivity contribution in [1.29, 1.82) is 0 Å². The summed E-state index contributed by atoms with van der Waals surface area (Å²) in [6.07, 6.45) is 7.64. The number of aryl methyl sites for hydroxylation is 1. The molecule has 1 aromatic carbocycles. The van der Waals surface area contributed by atoms with E-state index in [1.165, 1.54) is 18.0 Å². The number of likely N-dealkylation sites (tertiary alicyclic amines) is 1. The van der Waals surface area contributed by atoms with Crippen molar-refractivity contribution in [3.63, 3.8) is 0 Å². The number of aromatic nitrogens is 2. The maximum absolute atomic E-state index is 12.4. The lowest BCUT2D eigenvalue weighted by Gasteiger charge is -2.33. The van der Waals surface area contributed by atoms with Crippen LogP contribution in [-0.4, -0.2) is 34.2 Å². The zero-order chi connectivity index (χ0) is 20.9. The maximum Gasteiger partial charge on any atom is 0.322 e. The molecule has 0 radical (unpaired) electrons. The van der Waals surface area contributed by atoms with Gasteiger partial charge in [0.2, 0.25) is 0 Å². The predicted octanol–water partition coefficient (Wildman–Crippen LogP) is 5.13. The standard InChI is InChI=1S/C23H24N4O3/c1-16-14-27(23(28)26-20-12-25-29-15-20)9-8-19(16)10-18-4-3-5-21(11-18)30-22-7-6-17(2)24-13-22/h3-7,10-13,15-16H,8-9,14H2,1-2H3,(H,26,28)/b19-10+. The Morgan fingerprint density at radius 3 is 2.90 bits per heavy atom. The van der Waals surface area contributed by atoms with E-state index < -0.39 is 0 Å². The molecule has 3 heterocycles. The fourth-order valence-electron chi connectivity index (χ4n) is 3.45. The van der Waals surface area contributed by atoms with Gasteiger partial charge in [-0.15, -0.1) is 0 Å². The van der Waals surface area contributed by atoms with Crippen LogP contribution < -0.4 is 10.1 Å². The van der Waals surface area contributed by atoms with E-state index in [2.05, 4.69) is 34.5 Å². The van der Waals surface area contributed by atoms with Crippen LogP contribution in [0.3, 0.4) is 0 Å².